The van der Waals surface area contributed by atoms with Gasteiger partial charge in [0.05, 0.1) is 4.92 Å². The molecule has 3 atom stereocenters. The molecule has 2 aliphatic heterocycles. The van der Waals surface area contributed by atoms with Crippen molar-refractivity contribution >= 4 is 17.5 Å². The van der Waals surface area contributed by atoms with Crippen LogP contribution < -0.4 is 5.32 Å². The third-order valence-electron chi connectivity index (χ3n) is 7.29. The van der Waals surface area contributed by atoms with Gasteiger partial charge in [0.1, 0.15) is 0 Å². The molecule has 8 nitrogen and oxygen atoms in total. The fraction of sp³-hybridized carbons (Fsp3) is 0.636. The number of nitrogens with one attached hydrogen (secondary N) is 1. The van der Waals surface area contributed by atoms with E-state index in [4.69, 9.17) is 0 Å². The van der Waals surface area contributed by atoms with Gasteiger partial charge in [-0.15, -0.1) is 0 Å². The molecule has 0 aromatic heterocycles. The second-order valence-corrected chi connectivity index (χ2v) is 8.97. The second-order valence-electron chi connectivity index (χ2n) is 8.97. The van der Waals surface area contributed by atoms with Crippen LogP contribution in [0, 0.1) is 16.0 Å². The van der Waals surface area contributed by atoms with Gasteiger partial charge in [-0.25, -0.2) is 0 Å². The van der Waals surface area contributed by atoms with Gasteiger partial charge < -0.3 is 10.2 Å². The molecular weight excluding hydrogens is 384 g/mol. The highest BCUT2D eigenvalue weighted by molar-refractivity contribution is 5.94. The topological polar surface area (TPSA) is 95.8 Å². The predicted octanol–water partition coefficient (Wildman–Crippen LogP) is 2.58. The fourth-order valence-electron chi connectivity index (χ4n) is 5.70. The number of hydrogen-bond acceptors (Lipinski definition) is 5. The molecular formula is C22H30N4O4. The van der Waals surface area contributed by atoms with Crippen molar-refractivity contribution in [3.05, 3.63) is 39.9 Å². The van der Waals surface area contributed by atoms with Crippen LogP contribution in [-0.4, -0.2) is 64.3 Å². The highest BCUT2D eigenvalue weighted by Gasteiger charge is 2.49. The lowest BCUT2D eigenvalue weighted by atomic mass is 9.70. The van der Waals surface area contributed by atoms with Crippen molar-refractivity contribution in [1.82, 2.24) is 15.1 Å². The first-order chi connectivity index (χ1) is 14.4. The summed E-state index contributed by atoms with van der Waals surface area (Å²) in [6.45, 7) is 5.29. The Hall–Kier alpha value is -2.48. The highest BCUT2D eigenvalue weighted by atomic mass is 16.6. The maximum absolute atomic E-state index is 12.7. The van der Waals surface area contributed by atoms with E-state index in [0.29, 0.717) is 24.1 Å². The quantitative estimate of drug-likeness (QED) is 0.590. The zero-order chi connectivity index (χ0) is 21.3. The zero-order valence-electron chi connectivity index (χ0n) is 17.5. The van der Waals surface area contributed by atoms with Gasteiger partial charge in [-0.3, -0.25) is 24.6 Å². The van der Waals surface area contributed by atoms with Gasteiger partial charge in [0.25, 0.3) is 11.6 Å². The van der Waals surface area contributed by atoms with E-state index < -0.39 is 4.92 Å². The van der Waals surface area contributed by atoms with Crippen LogP contribution in [0.2, 0.25) is 0 Å². The Bertz CT molecular complexity index is 823. The summed E-state index contributed by atoms with van der Waals surface area (Å²) < 4.78 is 0. The molecule has 2 amide bonds. The molecule has 1 aromatic rings. The van der Waals surface area contributed by atoms with Crippen LogP contribution in [0.15, 0.2) is 24.3 Å². The lowest BCUT2D eigenvalue weighted by Crippen LogP contribution is -2.59. The molecule has 2 saturated heterocycles. The Morgan fingerprint density at radius 2 is 1.90 bits per heavy atom. The Labute approximate surface area is 176 Å². The number of carbonyl (C=O) groups is 2. The molecule has 0 bridgehead atoms. The average molecular weight is 415 g/mol. The molecule has 2 heterocycles. The van der Waals surface area contributed by atoms with Crippen LogP contribution in [0.5, 0.6) is 0 Å². The van der Waals surface area contributed by atoms with Crippen LogP contribution in [0.1, 0.15) is 55.8 Å². The molecule has 30 heavy (non-hydrogen) atoms. The van der Waals surface area contributed by atoms with E-state index >= 15 is 0 Å². The molecule has 1 aromatic carbocycles. The SMILES string of the molecule is CC(=O)N1CCCC12CCC(N1CCC1)C(CNC(=O)c1ccc([N+](=O)[O-])cc1)C2. The highest BCUT2D eigenvalue weighted by Crippen LogP contribution is 2.45. The van der Waals surface area contributed by atoms with Gasteiger partial charge in [0.15, 0.2) is 0 Å². The normalized spacial score (nSPS) is 28.9. The molecule has 3 unspecified atom stereocenters. The lowest BCUT2D eigenvalue weighted by Gasteiger charge is -2.52. The second kappa shape index (κ2) is 8.34. The largest absolute Gasteiger partial charge is 0.352 e. The van der Waals surface area contributed by atoms with E-state index in [0.717, 1.165) is 51.7 Å². The maximum atomic E-state index is 12.7. The van der Waals surface area contributed by atoms with Crippen molar-refractivity contribution in [2.24, 2.45) is 5.92 Å². The number of benzene rings is 1. The zero-order valence-corrected chi connectivity index (χ0v) is 17.5. The third kappa shape index (κ3) is 3.93. The Morgan fingerprint density at radius 3 is 2.50 bits per heavy atom. The summed E-state index contributed by atoms with van der Waals surface area (Å²) in [5.74, 6) is 0.242. The van der Waals surface area contributed by atoms with Crippen LogP contribution in [0.3, 0.4) is 0 Å². The molecule has 1 saturated carbocycles. The number of amides is 2. The summed E-state index contributed by atoms with van der Waals surface area (Å²) >= 11 is 0. The van der Waals surface area contributed by atoms with Crippen molar-refractivity contribution in [3.63, 3.8) is 0 Å². The summed E-state index contributed by atoms with van der Waals surface area (Å²) in [5.41, 5.74) is 0.345. The Balaban J connectivity index is 1.45. The minimum Gasteiger partial charge on any atom is -0.352 e. The van der Waals surface area contributed by atoms with Crippen LogP contribution in [0.4, 0.5) is 5.69 Å². The number of carbonyl (C=O) groups excluding carboxylic acids is 2. The fourth-order valence-corrected chi connectivity index (χ4v) is 5.70. The molecule has 1 N–H and O–H groups in total. The van der Waals surface area contributed by atoms with Crippen LogP contribution in [0.25, 0.3) is 0 Å². The van der Waals surface area contributed by atoms with Gasteiger partial charge in [0.2, 0.25) is 5.91 Å². The first-order valence-electron chi connectivity index (χ1n) is 10.9. The molecule has 3 fully saturated rings. The maximum Gasteiger partial charge on any atom is 0.269 e. The number of likely N-dealkylation sites (tertiary alicyclic amines) is 2. The number of rotatable bonds is 5. The number of non-ortho nitro benzene ring substituents is 1. The minimum absolute atomic E-state index is 0.0239. The van der Waals surface area contributed by atoms with E-state index in [9.17, 15) is 19.7 Å². The summed E-state index contributed by atoms with van der Waals surface area (Å²) in [6, 6.07) is 6.15. The molecule has 8 heteroatoms. The van der Waals surface area contributed by atoms with Crippen molar-refractivity contribution < 1.29 is 14.5 Å². The predicted molar refractivity (Wildman–Crippen MR) is 112 cm³/mol. The van der Waals surface area contributed by atoms with E-state index in [1.807, 2.05) is 0 Å². The molecule has 4 rings (SSSR count). The van der Waals surface area contributed by atoms with Gasteiger partial charge >= 0.3 is 0 Å². The Kier molecular flexibility index (Phi) is 5.77. The number of nitrogens with zero attached hydrogens (tertiary/aromatic N) is 3. The van der Waals surface area contributed by atoms with Gasteiger partial charge in [-0.2, -0.15) is 0 Å². The summed E-state index contributed by atoms with van der Waals surface area (Å²) in [6.07, 6.45) is 6.35. The smallest absolute Gasteiger partial charge is 0.269 e. The molecule has 162 valence electrons. The van der Waals surface area contributed by atoms with E-state index in [1.54, 1.807) is 6.92 Å². The summed E-state index contributed by atoms with van der Waals surface area (Å²) in [5, 5.41) is 13.9. The molecule has 0 radical (unpaired) electrons. The van der Waals surface area contributed by atoms with Gasteiger partial charge in [-0.1, -0.05) is 0 Å². The lowest BCUT2D eigenvalue weighted by molar-refractivity contribution is -0.384. The first-order valence-corrected chi connectivity index (χ1v) is 10.9. The van der Waals surface area contributed by atoms with Gasteiger partial charge in [0, 0.05) is 49.3 Å². The van der Waals surface area contributed by atoms with Gasteiger partial charge in [-0.05, 0) is 69.7 Å². The molecule has 1 spiro atoms. The van der Waals surface area contributed by atoms with Crippen molar-refractivity contribution in [3.8, 4) is 0 Å². The minimum atomic E-state index is -0.469. The monoisotopic (exact) mass is 414 g/mol. The standard InChI is InChI=1S/C22H30N4O4/c1-16(27)25-13-2-9-22(25)10-8-20(24-11-3-12-24)18(14-22)15-23-21(28)17-4-6-19(7-5-17)26(29)30/h4-7,18,20H,2-3,8-15H2,1H3,(H,23,28). The number of nitro benzene ring substituents is 1. The first kappa shape index (κ1) is 20.8. The summed E-state index contributed by atoms with van der Waals surface area (Å²) in [7, 11) is 0. The molecule has 3 aliphatic rings. The van der Waals surface area contributed by atoms with Crippen LogP contribution >= 0.6 is 0 Å². The van der Waals surface area contributed by atoms with Crippen molar-refractivity contribution in [2.45, 2.75) is 57.0 Å². The van der Waals surface area contributed by atoms with E-state index in [-0.39, 0.29) is 23.0 Å². The number of hydrogen-bond donors (Lipinski definition) is 1. The van der Waals surface area contributed by atoms with Crippen molar-refractivity contribution in [2.75, 3.05) is 26.2 Å². The number of nitro groups is 1. The van der Waals surface area contributed by atoms with Crippen LogP contribution in [-0.2, 0) is 4.79 Å². The van der Waals surface area contributed by atoms with E-state index in [2.05, 4.69) is 15.1 Å². The third-order valence-corrected chi connectivity index (χ3v) is 7.29. The summed E-state index contributed by atoms with van der Waals surface area (Å²) in [4.78, 5) is 39.8. The Morgan fingerprint density at radius 1 is 1.17 bits per heavy atom. The van der Waals surface area contributed by atoms with E-state index in [1.165, 1.54) is 30.7 Å². The average Bonchev–Trinajstić information content (AvgIpc) is 3.09. The molecule has 1 aliphatic carbocycles. The van der Waals surface area contributed by atoms with Crippen molar-refractivity contribution in [1.29, 1.82) is 0 Å².